The van der Waals surface area contributed by atoms with Gasteiger partial charge >= 0.3 is 0 Å². The summed E-state index contributed by atoms with van der Waals surface area (Å²) >= 11 is 0. The monoisotopic (exact) mass is 397 g/mol. The van der Waals surface area contributed by atoms with Gasteiger partial charge in [-0.05, 0) is 52.3 Å². The number of halogens is 1. The predicted molar refractivity (Wildman–Crippen MR) is 110 cm³/mol. The first-order chi connectivity index (χ1) is 13.6. The number of hydrogen-bond donors (Lipinski definition) is 2. The Hall–Kier alpha value is -3.29. The van der Waals surface area contributed by atoms with Gasteiger partial charge in [-0.2, -0.15) is 4.98 Å². The summed E-state index contributed by atoms with van der Waals surface area (Å²) in [5.41, 5.74) is 1.28. The van der Waals surface area contributed by atoms with E-state index in [0.717, 1.165) is 0 Å². The van der Waals surface area contributed by atoms with E-state index in [4.69, 9.17) is 0 Å². The third-order valence-corrected chi connectivity index (χ3v) is 4.51. The van der Waals surface area contributed by atoms with Crippen LogP contribution < -0.4 is 10.6 Å². The molecule has 0 saturated carbocycles. The van der Waals surface area contributed by atoms with Crippen molar-refractivity contribution in [3.8, 4) is 0 Å². The van der Waals surface area contributed by atoms with Crippen LogP contribution in [0.15, 0.2) is 30.6 Å². The van der Waals surface area contributed by atoms with Gasteiger partial charge in [-0.25, -0.2) is 9.37 Å². The largest absolute Gasteiger partial charge is 0.352 e. The van der Waals surface area contributed by atoms with Crippen LogP contribution in [0.3, 0.4) is 0 Å². The van der Waals surface area contributed by atoms with Crippen LogP contribution in [0.1, 0.15) is 54.0 Å². The van der Waals surface area contributed by atoms with Crippen LogP contribution in [0, 0.1) is 12.7 Å². The molecule has 2 N–H and O–H groups in total. The third kappa shape index (κ3) is 4.11. The molecule has 0 saturated heterocycles. The molecule has 8 heteroatoms. The summed E-state index contributed by atoms with van der Waals surface area (Å²) in [4.78, 5) is 33.5. The normalized spacial score (nSPS) is 11.5. The molecule has 0 fully saturated rings. The lowest BCUT2D eigenvalue weighted by molar-refractivity contribution is 0.0956. The number of nitrogens with zero attached hydrogens (tertiary/aromatic N) is 3. The molecular formula is C21H24FN5O2. The quantitative estimate of drug-likeness (QED) is 0.703. The van der Waals surface area contributed by atoms with E-state index in [1.54, 1.807) is 13.1 Å². The van der Waals surface area contributed by atoms with Gasteiger partial charge in [-0.3, -0.25) is 14.9 Å². The first kappa shape index (κ1) is 20.4. The van der Waals surface area contributed by atoms with Gasteiger partial charge in [0, 0.05) is 30.0 Å². The topological polar surface area (TPSA) is 88.9 Å². The molecule has 3 aromatic rings. The zero-order valence-corrected chi connectivity index (χ0v) is 17.1. The van der Waals surface area contributed by atoms with Crippen molar-refractivity contribution < 1.29 is 14.0 Å². The maximum atomic E-state index is 13.8. The molecular weight excluding hydrogens is 373 g/mol. The van der Waals surface area contributed by atoms with Gasteiger partial charge in [0.2, 0.25) is 5.95 Å². The number of aryl methyl sites for hydroxylation is 1. The highest BCUT2D eigenvalue weighted by molar-refractivity contribution is 6.07. The van der Waals surface area contributed by atoms with Gasteiger partial charge < -0.3 is 9.88 Å². The number of anilines is 1. The molecule has 152 valence electrons. The second-order valence-corrected chi connectivity index (χ2v) is 7.79. The standard InChI is InChI=1S/C21H24FN5O2/c1-6-23-19(29)15-11-27(21(3,4)5)17-14(15)10-24-20(25-17)26-18(28)13-8-7-12(2)16(22)9-13/h7-11H,6H2,1-5H3,(H,23,29)(H,24,25,26,28). The maximum Gasteiger partial charge on any atom is 0.258 e. The Morgan fingerprint density at radius 1 is 1.21 bits per heavy atom. The van der Waals surface area contributed by atoms with E-state index in [-0.39, 0.29) is 23.0 Å². The Morgan fingerprint density at radius 2 is 1.93 bits per heavy atom. The second kappa shape index (κ2) is 7.62. The highest BCUT2D eigenvalue weighted by Crippen LogP contribution is 2.27. The highest BCUT2D eigenvalue weighted by Gasteiger charge is 2.23. The Morgan fingerprint density at radius 3 is 2.55 bits per heavy atom. The Labute approximate surface area is 168 Å². The number of amides is 2. The van der Waals surface area contributed by atoms with Crippen molar-refractivity contribution in [2.75, 3.05) is 11.9 Å². The van der Waals surface area contributed by atoms with E-state index in [1.807, 2.05) is 32.3 Å². The van der Waals surface area contributed by atoms with Crippen LogP contribution in [0.5, 0.6) is 0 Å². The number of carbonyl (C=O) groups excluding carboxylic acids is 2. The van der Waals surface area contributed by atoms with E-state index < -0.39 is 11.7 Å². The number of rotatable bonds is 4. The Balaban J connectivity index is 2.01. The van der Waals surface area contributed by atoms with Gasteiger partial charge in [0.05, 0.1) is 10.9 Å². The number of carbonyl (C=O) groups is 2. The van der Waals surface area contributed by atoms with Crippen molar-refractivity contribution in [2.45, 2.75) is 40.2 Å². The maximum absolute atomic E-state index is 13.8. The van der Waals surface area contributed by atoms with Crippen LogP contribution >= 0.6 is 0 Å². The number of fused-ring (bicyclic) bond motifs is 1. The molecule has 3 rings (SSSR count). The molecule has 0 aliphatic carbocycles. The van der Waals surface area contributed by atoms with E-state index >= 15 is 0 Å². The lowest BCUT2D eigenvalue weighted by atomic mass is 10.1. The third-order valence-electron chi connectivity index (χ3n) is 4.51. The molecule has 0 unspecified atom stereocenters. The first-order valence-electron chi connectivity index (χ1n) is 9.36. The van der Waals surface area contributed by atoms with Crippen LogP contribution in [-0.2, 0) is 5.54 Å². The molecule has 0 atom stereocenters. The predicted octanol–water partition coefficient (Wildman–Crippen LogP) is 3.64. The van der Waals surface area contributed by atoms with E-state index in [0.29, 0.717) is 28.7 Å². The van der Waals surface area contributed by atoms with Crippen molar-refractivity contribution in [1.29, 1.82) is 0 Å². The summed E-state index contributed by atoms with van der Waals surface area (Å²) in [6.07, 6.45) is 3.26. The van der Waals surface area contributed by atoms with Crippen molar-refractivity contribution in [2.24, 2.45) is 0 Å². The molecule has 0 radical (unpaired) electrons. The van der Waals surface area contributed by atoms with Crippen molar-refractivity contribution in [3.05, 3.63) is 53.1 Å². The SMILES string of the molecule is CCNC(=O)c1cn(C(C)(C)C)c2nc(NC(=O)c3ccc(C)c(F)c3)ncc12. The minimum atomic E-state index is -0.513. The fourth-order valence-corrected chi connectivity index (χ4v) is 2.92. The minimum absolute atomic E-state index is 0.0783. The molecule has 2 amide bonds. The fraction of sp³-hybridized carbons (Fsp3) is 0.333. The second-order valence-electron chi connectivity index (χ2n) is 7.79. The molecule has 2 aromatic heterocycles. The van der Waals surface area contributed by atoms with Gasteiger partial charge in [-0.1, -0.05) is 6.07 Å². The summed E-state index contributed by atoms with van der Waals surface area (Å²) in [5.74, 6) is -1.10. The zero-order valence-electron chi connectivity index (χ0n) is 17.1. The molecule has 0 aliphatic heterocycles. The van der Waals surface area contributed by atoms with Gasteiger partial charge in [0.1, 0.15) is 11.5 Å². The summed E-state index contributed by atoms with van der Waals surface area (Å²) in [7, 11) is 0. The van der Waals surface area contributed by atoms with Crippen LogP contribution in [-0.4, -0.2) is 32.9 Å². The molecule has 0 bridgehead atoms. The molecule has 0 spiro atoms. The van der Waals surface area contributed by atoms with Gasteiger partial charge in [-0.15, -0.1) is 0 Å². The number of aromatic nitrogens is 3. The number of nitrogens with one attached hydrogen (secondary N) is 2. The van der Waals surface area contributed by atoms with Crippen molar-refractivity contribution in [3.63, 3.8) is 0 Å². The van der Waals surface area contributed by atoms with Crippen LogP contribution in [0.4, 0.5) is 10.3 Å². The molecule has 7 nitrogen and oxygen atoms in total. The van der Waals surface area contributed by atoms with E-state index in [9.17, 15) is 14.0 Å². The average molecular weight is 397 g/mol. The minimum Gasteiger partial charge on any atom is -0.352 e. The summed E-state index contributed by atoms with van der Waals surface area (Å²) in [6.45, 7) is 9.94. The summed E-state index contributed by atoms with van der Waals surface area (Å²) in [5, 5.41) is 5.97. The highest BCUT2D eigenvalue weighted by atomic mass is 19.1. The average Bonchev–Trinajstić information content (AvgIpc) is 3.03. The molecule has 1 aromatic carbocycles. The number of benzene rings is 1. The number of hydrogen-bond acceptors (Lipinski definition) is 4. The first-order valence-corrected chi connectivity index (χ1v) is 9.36. The van der Waals surface area contributed by atoms with Crippen molar-refractivity contribution in [1.82, 2.24) is 19.9 Å². The van der Waals surface area contributed by atoms with Crippen LogP contribution in [0.2, 0.25) is 0 Å². The van der Waals surface area contributed by atoms with E-state index in [2.05, 4.69) is 20.6 Å². The summed E-state index contributed by atoms with van der Waals surface area (Å²) in [6, 6.07) is 4.25. The molecule has 29 heavy (non-hydrogen) atoms. The molecule has 2 heterocycles. The van der Waals surface area contributed by atoms with Crippen molar-refractivity contribution >= 4 is 28.8 Å². The fourth-order valence-electron chi connectivity index (χ4n) is 2.92. The summed E-state index contributed by atoms with van der Waals surface area (Å²) < 4.78 is 15.6. The zero-order chi connectivity index (χ0) is 21.3. The Bertz CT molecular complexity index is 1100. The lowest BCUT2D eigenvalue weighted by Gasteiger charge is -2.22. The van der Waals surface area contributed by atoms with E-state index in [1.165, 1.54) is 24.4 Å². The lowest BCUT2D eigenvalue weighted by Crippen LogP contribution is -2.23. The molecule has 0 aliphatic rings. The van der Waals surface area contributed by atoms with Gasteiger partial charge in [0.25, 0.3) is 11.8 Å². The van der Waals surface area contributed by atoms with Crippen LogP contribution in [0.25, 0.3) is 11.0 Å². The smallest absolute Gasteiger partial charge is 0.258 e. The van der Waals surface area contributed by atoms with Gasteiger partial charge in [0.15, 0.2) is 0 Å². The Kier molecular flexibility index (Phi) is 5.37.